The van der Waals surface area contributed by atoms with Crippen LogP contribution >= 0.6 is 0 Å². The molecule has 0 radical (unpaired) electrons. The molecule has 0 saturated carbocycles. The first-order chi connectivity index (χ1) is 12.1. The number of aliphatic hydroxyl groups excluding tert-OH is 1. The zero-order chi connectivity index (χ0) is 20.3. The van der Waals surface area contributed by atoms with Crippen molar-refractivity contribution in [2.24, 2.45) is 22.2 Å². The van der Waals surface area contributed by atoms with Crippen LogP contribution in [0.3, 0.4) is 0 Å². The van der Waals surface area contributed by atoms with E-state index in [1.54, 1.807) is 0 Å². The zero-order valence-corrected chi connectivity index (χ0v) is 13.9. The smallest absolute Gasteiger partial charge is 0.326 e. The number of guanidine groups is 1. The number of carboxylic acids is 2. The number of nitrogens with two attached hydrogens (primary N) is 3. The molecule has 0 rings (SSSR count). The molecule has 0 aliphatic heterocycles. The summed E-state index contributed by atoms with van der Waals surface area (Å²) in [7, 11) is 0. The summed E-state index contributed by atoms with van der Waals surface area (Å²) in [5.74, 6) is -4.88. The van der Waals surface area contributed by atoms with Crippen LogP contribution < -0.4 is 27.8 Å². The number of carbonyl (C=O) groups excluding carboxylic acids is 2. The largest absolute Gasteiger partial charge is 0.481 e. The summed E-state index contributed by atoms with van der Waals surface area (Å²) in [4.78, 5) is 49.6. The van der Waals surface area contributed by atoms with Crippen LogP contribution in [0.4, 0.5) is 0 Å². The molecule has 0 spiro atoms. The van der Waals surface area contributed by atoms with Crippen LogP contribution in [0.5, 0.6) is 0 Å². The molecular weight excluding hydrogens is 352 g/mol. The van der Waals surface area contributed by atoms with Gasteiger partial charge in [0, 0.05) is 6.54 Å². The molecule has 13 heteroatoms. The van der Waals surface area contributed by atoms with Gasteiger partial charge in [-0.2, -0.15) is 0 Å². The lowest BCUT2D eigenvalue weighted by atomic mass is 10.1. The lowest BCUT2D eigenvalue weighted by Crippen LogP contribution is -2.55. The summed E-state index contributed by atoms with van der Waals surface area (Å²) < 4.78 is 0. The van der Waals surface area contributed by atoms with Crippen LogP contribution in [0.15, 0.2) is 4.99 Å². The average molecular weight is 376 g/mol. The number of rotatable bonds is 12. The van der Waals surface area contributed by atoms with Crippen LogP contribution in [0, 0.1) is 0 Å². The van der Waals surface area contributed by atoms with Gasteiger partial charge in [0.05, 0.1) is 13.0 Å². The predicted molar refractivity (Wildman–Crippen MR) is 88.7 cm³/mol. The van der Waals surface area contributed by atoms with E-state index < -0.39 is 54.9 Å². The highest BCUT2D eigenvalue weighted by Gasteiger charge is 2.29. The number of hydrogen-bond donors (Lipinski definition) is 8. The summed E-state index contributed by atoms with van der Waals surface area (Å²) in [6.45, 7) is -0.571. The summed E-state index contributed by atoms with van der Waals surface area (Å²) in [5.41, 5.74) is 15.6. The molecule has 26 heavy (non-hydrogen) atoms. The van der Waals surface area contributed by atoms with Gasteiger partial charge in [0.15, 0.2) is 5.96 Å². The average Bonchev–Trinajstić information content (AvgIpc) is 2.54. The molecule has 0 aliphatic carbocycles. The van der Waals surface area contributed by atoms with Crippen molar-refractivity contribution in [3.8, 4) is 0 Å². The van der Waals surface area contributed by atoms with E-state index in [9.17, 15) is 19.2 Å². The normalized spacial score (nSPS) is 13.8. The number of nitrogens with zero attached hydrogens (tertiary/aromatic N) is 1. The number of amides is 2. The third kappa shape index (κ3) is 9.39. The van der Waals surface area contributed by atoms with E-state index in [2.05, 4.69) is 15.6 Å². The number of hydrogen-bond acceptors (Lipinski definition) is 7. The first-order valence-electron chi connectivity index (χ1n) is 7.55. The minimum absolute atomic E-state index is 0.0260. The van der Waals surface area contributed by atoms with Crippen molar-refractivity contribution in [2.75, 3.05) is 13.2 Å². The van der Waals surface area contributed by atoms with Gasteiger partial charge in [0.2, 0.25) is 11.8 Å². The fourth-order valence-corrected chi connectivity index (χ4v) is 1.78. The Kier molecular flexibility index (Phi) is 10.3. The van der Waals surface area contributed by atoms with E-state index in [-0.39, 0.29) is 25.3 Å². The molecule has 0 saturated heterocycles. The third-order valence-electron chi connectivity index (χ3n) is 3.11. The van der Waals surface area contributed by atoms with E-state index >= 15 is 0 Å². The van der Waals surface area contributed by atoms with Crippen LogP contribution in [0.25, 0.3) is 0 Å². The maximum absolute atomic E-state index is 12.2. The maximum atomic E-state index is 12.2. The molecule has 0 fully saturated rings. The Bertz CT molecular complexity index is 549. The van der Waals surface area contributed by atoms with Crippen molar-refractivity contribution < 1.29 is 34.5 Å². The Balaban J connectivity index is 4.93. The van der Waals surface area contributed by atoms with Gasteiger partial charge in [-0.25, -0.2) is 4.79 Å². The first kappa shape index (κ1) is 23.1. The third-order valence-corrected chi connectivity index (χ3v) is 3.11. The zero-order valence-electron chi connectivity index (χ0n) is 13.9. The number of aliphatic hydroxyl groups is 1. The van der Waals surface area contributed by atoms with Gasteiger partial charge in [-0.1, -0.05) is 0 Å². The molecular formula is C13H24N6O7. The second-order valence-electron chi connectivity index (χ2n) is 5.30. The van der Waals surface area contributed by atoms with Crippen molar-refractivity contribution in [3.05, 3.63) is 0 Å². The van der Waals surface area contributed by atoms with Gasteiger partial charge in [-0.3, -0.25) is 19.4 Å². The molecule has 0 heterocycles. The molecule has 2 amide bonds. The van der Waals surface area contributed by atoms with Gasteiger partial charge in [-0.05, 0) is 12.8 Å². The Labute approximate surface area is 148 Å². The fourth-order valence-electron chi connectivity index (χ4n) is 1.78. The molecule has 3 atom stereocenters. The standard InChI is InChI=1S/C13H24N6O7/c14-6(5-20)10(23)19-8(4-9(21)22)11(24)18-7(12(25)26)2-1-3-17-13(15)16/h6-8,20H,1-5,14H2,(H,18,24)(H,19,23)(H,21,22)(H,25,26)(H4,15,16,17). The monoisotopic (exact) mass is 376 g/mol. The second-order valence-corrected chi connectivity index (χ2v) is 5.30. The first-order valence-corrected chi connectivity index (χ1v) is 7.55. The molecule has 13 nitrogen and oxygen atoms in total. The quantitative estimate of drug-likeness (QED) is 0.0928. The lowest BCUT2D eigenvalue weighted by Gasteiger charge is -2.21. The maximum Gasteiger partial charge on any atom is 0.326 e. The van der Waals surface area contributed by atoms with Gasteiger partial charge in [0.1, 0.15) is 18.1 Å². The van der Waals surface area contributed by atoms with E-state index in [1.807, 2.05) is 0 Å². The highest BCUT2D eigenvalue weighted by Crippen LogP contribution is 2.02. The Morgan fingerprint density at radius 1 is 1.00 bits per heavy atom. The molecule has 3 unspecified atom stereocenters. The van der Waals surface area contributed by atoms with Crippen molar-refractivity contribution in [2.45, 2.75) is 37.4 Å². The van der Waals surface area contributed by atoms with Crippen molar-refractivity contribution in [1.29, 1.82) is 0 Å². The highest BCUT2D eigenvalue weighted by atomic mass is 16.4. The summed E-state index contributed by atoms with van der Waals surface area (Å²) >= 11 is 0. The number of aliphatic imine (C=N–C) groups is 1. The molecule has 0 aromatic carbocycles. The summed E-state index contributed by atoms with van der Waals surface area (Å²) in [5, 5.41) is 31.0. The van der Waals surface area contributed by atoms with E-state index in [0.29, 0.717) is 0 Å². The van der Waals surface area contributed by atoms with E-state index in [1.165, 1.54) is 0 Å². The number of carboxylic acid groups (broad SMARTS) is 2. The predicted octanol–water partition coefficient (Wildman–Crippen LogP) is -4.11. The number of carbonyl (C=O) groups is 4. The summed E-state index contributed by atoms with van der Waals surface area (Å²) in [6.07, 6.45) is -0.585. The van der Waals surface area contributed by atoms with Gasteiger partial charge in [-0.15, -0.1) is 0 Å². The second kappa shape index (κ2) is 11.6. The van der Waals surface area contributed by atoms with Gasteiger partial charge in [0.25, 0.3) is 0 Å². The van der Waals surface area contributed by atoms with Crippen LogP contribution in [0.2, 0.25) is 0 Å². The van der Waals surface area contributed by atoms with Gasteiger partial charge < -0.3 is 43.2 Å². The minimum atomic E-state index is -1.56. The Morgan fingerprint density at radius 2 is 1.58 bits per heavy atom. The molecule has 148 valence electrons. The molecule has 11 N–H and O–H groups in total. The van der Waals surface area contributed by atoms with Crippen molar-refractivity contribution in [3.63, 3.8) is 0 Å². The minimum Gasteiger partial charge on any atom is -0.481 e. The van der Waals surface area contributed by atoms with Crippen molar-refractivity contribution >= 4 is 29.7 Å². The van der Waals surface area contributed by atoms with Gasteiger partial charge >= 0.3 is 11.9 Å². The van der Waals surface area contributed by atoms with E-state index in [0.717, 1.165) is 0 Å². The molecule has 0 bridgehead atoms. The molecule has 0 aromatic heterocycles. The Morgan fingerprint density at radius 3 is 2.04 bits per heavy atom. The number of nitrogens with one attached hydrogen (secondary N) is 2. The highest BCUT2D eigenvalue weighted by molar-refractivity contribution is 5.93. The fraction of sp³-hybridized carbons (Fsp3) is 0.615. The van der Waals surface area contributed by atoms with Crippen LogP contribution in [-0.4, -0.2) is 76.3 Å². The molecule has 0 aromatic rings. The topological polar surface area (TPSA) is 243 Å². The SMILES string of the molecule is NC(N)=NCCCC(NC(=O)C(CC(=O)O)NC(=O)C(N)CO)C(=O)O. The molecule has 0 aliphatic rings. The van der Waals surface area contributed by atoms with Crippen molar-refractivity contribution in [1.82, 2.24) is 10.6 Å². The summed E-state index contributed by atoms with van der Waals surface area (Å²) in [6, 6.07) is -4.25. The number of aliphatic carboxylic acids is 2. The lowest BCUT2D eigenvalue weighted by molar-refractivity contribution is -0.143. The van der Waals surface area contributed by atoms with Crippen LogP contribution in [-0.2, 0) is 19.2 Å². The van der Waals surface area contributed by atoms with E-state index in [4.69, 9.17) is 32.5 Å². The van der Waals surface area contributed by atoms with Crippen LogP contribution in [0.1, 0.15) is 19.3 Å². The Hall–Kier alpha value is -2.93.